The van der Waals surface area contributed by atoms with E-state index < -0.39 is 6.36 Å². The van der Waals surface area contributed by atoms with Gasteiger partial charge in [-0.2, -0.15) is 0 Å². The molecule has 4 rings (SSSR count). The summed E-state index contributed by atoms with van der Waals surface area (Å²) in [5, 5.41) is 3.36. The molecule has 0 spiro atoms. The fourth-order valence-corrected chi connectivity index (χ4v) is 4.25. The highest BCUT2D eigenvalue weighted by Crippen LogP contribution is 2.33. The molecule has 0 radical (unpaired) electrons. The highest BCUT2D eigenvalue weighted by molar-refractivity contribution is 5.85. The molecule has 0 bridgehead atoms. The van der Waals surface area contributed by atoms with Crippen LogP contribution in [0.2, 0.25) is 0 Å². The Morgan fingerprint density at radius 1 is 0.774 bits per heavy atom. The molecule has 0 aromatic heterocycles. The van der Waals surface area contributed by atoms with E-state index >= 15 is 0 Å². The van der Waals surface area contributed by atoms with Crippen molar-refractivity contribution in [3.05, 3.63) is 59.7 Å². The lowest BCUT2D eigenvalue weighted by molar-refractivity contribution is -0.274. The van der Waals surface area contributed by atoms with Crippen molar-refractivity contribution in [1.82, 2.24) is 10.2 Å². The van der Waals surface area contributed by atoms with Crippen LogP contribution in [0, 0.1) is 0 Å². The zero-order chi connectivity index (χ0) is 20.3. The highest BCUT2D eigenvalue weighted by atomic mass is 35.5. The van der Waals surface area contributed by atoms with Crippen LogP contribution in [0.25, 0.3) is 0 Å². The quantitative estimate of drug-likeness (QED) is 0.653. The van der Waals surface area contributed by atoms with Crippen LogP contribution in [-0.2, 0) is 0 Å². The Morgan fingerprint density at radius 3 is 1.81 bits per heavy atom. The summed E-state index contributed by atoms with van der Waals surface area (Å²) in [6, 6.07) is 14.9. The third-order valence-electron chi connectivity index (χ3n) is 5.63. The molecule has 31 heavy (non-hydrogen) atoms. The molecule has 2 aromatic rings. The number of nitrogens with zero attached hydrogens (tertiary/aromatic N) is 2. The lowest BCUT2D eigenvalue weighted by Gasteiger charge is -2.36. The number of halogens is 5. The second-order valence-electron chi connectivity index (χ2n) is 7.59. The molecule has 4 nitrogen and oxygen atoms in total. The van der Waals surface area contributed by atoms with E-state index in [1.807, 2.05) is 0 Å². The molecule has 2 aromatic carbocycles. The number of hydrogen-bond donors (Lipinski definition) is 1. The largest absolute Gasteiger partial charge is 0.573 e. The van der Waals surface area contributed by atoms with Crippen LogP contribution in [0.3, 0.4) is 0 Å². The average molecular weight is 478 g/mol. The maximum atomic E-state index is 12.5. The first kappa shape index (κ1) is 25.6. The summed E-state index contributed by atoms with van der Waals surface area (Å²) in [5.74, 6) is -0.190. The highest BCUT2D eigenvalue weighted by Gasteiger charge is 2.31. The van der Waals surface area contributed by atoms with Crippen molar-refractivity contribution in [3.63, 3.8) is 0 Å². The second-order valence-corrected chi connectivity index (χ2v) is 7.59. The Morgan fingerprint density at radius 2 is 1.29 bits per heavy atom. The fraction of sp³-hybridized carbons (Fsp3) is 0.455. The fourth-order valence-electron chi connectivity index (χ4n) is 4.25. The Kier molecular flexibility index (Phi) is 9.30. The molecule has 172 valence electrons. The third kappa shape index (κ3) is 6.65. The van der Waals surface area contributed by atoms with Gasteiger partial charge in [0.25, 0.3) is 0 Å². The standard InChI is InChI=1S/C22H26F3N3O.2ClH/c23-22(24,25)29-20-9-5-18(6-10-20)21(28-15-11-26-12-16-28)17-3-7-19(8-4-17)27-13-1-2-14-27;;/h3-10,21,26H,1-2,11-16H2;2*1H/t21-;;/m0../s1. The monoisotopic (exact) mass is 477 g/mol. The molecule has 1 N–H and O–H groups in total. The topological polar surface area (TPSA) is 27.7 Å². The summed E-state index contributed by atoms with van der Waals surface area (Å²) in [4.78, 5) is 4.77. The molecular formula is C22H28Cl2F3N3O. The van der Waals surface area contributed by atoms with Gasteiger partial charge in [-0.05, 0) is 48.2 Å². The number of alkyl halides is 3. The Hall–Kier alpha value is -1.67. The summed E-state index contributed by atoms with van der Waals surface area (Å²) in [7, 11) is 0. The number of rotatable bonds is 5. The molecule has 0 unspecified atom stereocenters. The number of nitrogens with one attached hydrogen (secondary N) is 1. The number of hydrogen-bond acceptors (Lipinski definition) is 4. The first-order valence-electron chi connectivity index (χ1n) is 10.1. The van der Waals surface area contributed by atoms with Crippen molar-refractivity contribution >= 4 is 30.5 Å². The second kappa shape index (κ2) is 11.3. The summed E-state index contributed by atoms with van der Waals surface area (Å²) in [6.45, 7) is 5.77. The van der Waals surface area contributed by atoms with Gasteiger partial charge in [0, 0.05) is 45.0 Å². The average Bonchev–Trinajstić information content (AvgIpc) is 3.25. The maximum absolute atomic E-state index is 12.5. The Bertz CT molecular complexity index is 791. The smallest absolute Gasteiger partial charge is 0.406 e. The maximum Gasteiger partial charge on any atom is 0.573 e. The molecule has 1 atom stereocenters. The van der Waals surface area contributed by atoms with Crippen molar-refractivity contribution in [2.75, 3.05) is 44.2 Å². The zero-order valence-electron chi connectivity index (χ0n) is 17.1. The van der Waals surface area contributed by atoms with Crippen molar-refractivity contribution < 1.29 is 17.9 Å². The summed E-state index contributed by atoms with van der Waals surface area (Å²) < 4.78 is 41.5. The molecule has 2 fully saturated rings. The van der Waals surface area contributed by atoms with E-state index in [0.717, 1.165) is 50.4 Å². The molecule has 2 heterocycles. The number of benzene rings is 2. The van der Waals surface area contributed by atoms with E-state index in [9.17, 15) is 13.2 Å². The SMILES string of the molecule is Cl.Cl.FC(F)(F)Oc1ccc([C@H](c2ccc(N3CCCC3)cc2)N2CCNCC2)cc1. The van der Waals surface area contributed by atoms with E-state index in [-0.39, 0.29) is 36.6 Å². The molecule has 2 aliphatic heterocycles. The third-order valence-corrected chi connectivity index (χ3v) is 5.63. The summed E-state index contributed by atoms with van der Waals surface area (Å²) in [6.07, 6.45) is -2.21. The van der Waals surface area contributed by atoms with Crippen LogP contribution < -0.4 is 15.0 Å². The first-order valence-corrected chi connectivity index (χ1v) is 10.1. The van der Waals surface area contributed by atoms with E-state index in [2.05, 4.69) is 44.1 Å². The normalized spacial score (nSPS) is 18.1. The van der Waals surface area contributed by atoms with Gasteiger partial charge in [0.1, 0.15) is 5.75 Å². The van der Waals surface area contributed by atoms with Gasteiger partial charge in [-0.25, -0.2) is 0 Å². The van der Waals surface area contributed by atoms with Crippen molar-refractivity contribution in [1.29, 1.82) is 0 Å². The number of piperazine rings is 1. The van der Waals surface area contributed by atoms with Crippen molar-refractivity contribution in [2.45, 2.75) is 25.2 Å². The Balaban J connectivity index is 0.00000171. The van der Waals surface area contributed by atoms with Gasteiger partial charge in [-0.1, -0.05) is 24.3 Å². The molecular weight excluding hydrogens is 450 g/mol. The van der Waals surface area contributed by atoms with E-state index in [4.69, 9.17) is 0 Å². The molecule has 0 aliphatic carbocycles. The van der Waals surface area contributed by atoms with Crippen LogP contribution in [-0.4, -0.2) is 50.5 Å². The molecule has 9 heteroatoms. The van der Waals surface area contributed by atoms with Crippen LogP contribution >= 0.6 is 24.8 Å². The minimum atomic E-state index is -4.68. The molecule has 0 saturated carbocycles. The summed E-state index contributed by atoms with van der Waals surface area (Å²) >= 11 is 0. The van der Waals surface area contributed by atoms with Crippen LogP contribution in [0.15, 0.2) is 48.5 Å². The van der Waals surface area contributed by atoms with E-state index in [1.54, 1.807) is 12.1 Å². The van der Waals surface area contributed by atoms with Gasteiger partial charge in [0.15, 0.2) is 0 Å². The summed E-state index contributed by atoms with van der Waals surface area (Å²) in [5.41, 5.74) is 3.36. The van der Waals surface area contributed by atoms with Gasteiger partial charge >= 0.3 is 6.36 Å². The van der Waals surface area contributed by atoms with Crippen LogP contribution in [0.1, 0.15) is 30.0 Å². The van der Waals surface area contributed by atoms with Gasteiger partial charge in [0.05, 0.1) is 6.04 Å². The predicted octanol–water partition coefficient (Wildman–Crippen LogP) is 5.02. The number of ether oxygens (including phenoxy) is 1. The predicted molar refractivity (Wildman–Crippen MR) is 122 cm³/mol. The van der Waals surface area contributed by atoms with Gasteiger partial charge in [-0.3, -0.25) is 4.90 Å². The first-order chi connectivity index (χ1) is 14.0. The Labute approximate surface area is 193 Å². The van der Waals surface area contributed by atoms with E-state index in [1.165, 1.54) is 30.7 Å². The van der Waals surface area contributed by atoms with Crippen LogP contribution in [0.4, 0.5) is 18.9 Å². The molecule has 0 amide bonds. The minimum absolute atomic E-state index is 0. The van der Waals surface area contributed by atoms with E-state index in [0.29, 0.717) is 0 Å². The molecule has 2 saturated heterocycles. The lowest BCUT2D eigenvalue weighted by Crippen LogP contribution is -2.45. The zero-order valence-corrected chi connectivity index (χ0v) is 18.7. The van der Waals surface area contributed by atoms with Gasteiger partial charge in [-0.15, -0.1) is 38.0 Å². The minimum Gasteiger partial charge on any atom is -0.406 e. The molecule has 2 aliphatic rings. The number of anilines is 1. The lowest BCUT2D eigenvalue weighted by atomic mass is 9.96. The van der Waals surface area contributed by atoms with Crippen molar-refractivity contribution in [2.24, 2.45) is 0 Å². The van der Waals surface area contributed by atoms with Gasteiger partial charge in [0.2, 0.25) is 0 Å². The van der Waals surface area contributed by atoms with Gasteiger partial charge < -0.3 is 15.0 Å². The van der Waals surface area contributed by atoms with Crippen LogP contribution in [0.5, 0.6) is 5.75 Å². The van der Waals surface area contributed by atoms with Crippen molar-refractivity contribution in [3.8, 4) is 5.75 Å².